The number of pyridine rings is 1. The lowest BCUT2D eigenvalue weighted by molar-refractivity contribution is 0.176. The van der Waals surface area contributed by atoms with Crippen molar-refractivity contribution in [2.24, 2.45) is 0 Å². The molecule has 2 aromatic rings. The number of aliphatic hydroxyl groups excluding tert-OH is 1. The summed E-state index contributed by atoms with van der Waals surface area (Å²) >= 11 is 0. The Balaban J connectivity index is 2.06. The van der Waals surface area contributed by atoms with Gasteiger partial charge in [0.05, 0.1) is 6.10 Å². The Labute approximate surface area is 124 Å². The molecule has 0 amide bonds. The third kappa shape index (κ3) is 4.26. The predicted molar refractivity (Wildman–Crippen MR) is 81.0 cm³/mol. The smallest absolute Gasteiger partial charge is 0.258 e. The summed E-state index contributed by atoms with van der Waals surface area (Å²) in [5.41, 5.74) is 0.817. The normalized spacial score (nSPS) is 12.6. The van der Waals surface area contributed by atoms with Gasteiger partial charge in [0.1, 0.15) is 5.82 Å². The first-order chi connectivity index (χ1) is 10.1. The SMILES string of the molecule is CCCC(O)CNc1cc(-c2nc(C(C)C)no2)ccn1. The van der Waals surface area contributed by atoms with Crippen LogP contribution in [0.4, 0.5) is 5.82 Å². The molecule has 0 bridgehead atoms. The van der Waals surface area contributed by atoms with Crippen LogP contribution in [0.3, 0.4) is 0 Å². The summed E-state index contributed by atoms with van der Waals surface area (Å²) < 4.78 is 5.27. The largest absolute Gasteiger partial charge is 0.391 e. The molecule has 0 fully saturated rings. The number of hydrogen-bond donors (Lipinski definition) is 2. The average Bonchev–Trinajstić information content (AvgIpc) is 2.96. The molecule has 6 heteroatoms. The van der Waals surface area contributed by atoms with E-state index in [2.05, 4.69) is 20.4 Å². The minimum absolute atomic E-state index is 0.228. The fourth-order valence-corrected chi connectivity index (χ4v) is 1.90. The zero-order chi connectivity index (χ0) is 15.2. The van der Waals surface area contributed by atoms with E-state index in [0.717, 1.165) is 18.4 Å². The van der Waals surface area contributed by atoms with E-state index in [1.165, 1.54) is 0 Å². The number of nitrogens with zero attached hydrogens (tertiary/aromatic N) is 3. The summed E-state index contributed by atoms with van der Waals surface area (Å²) in [6, 6.07) is 3.67. The van der Waals surface area contributed by atoms with Crippen LogP contribution in [-0.2, 0) is 0 Å². The van der Waals surface area contributed by atoms with E-state index in [-0.39, 0.29) is 12.0 Å². The molecule has 1 atom stereocenters. The summed E-state index contributed by atoms with van der Waals surface area (Å²) in [4.78, 5) is 8.59. The number of hydrogen-bond acceptors (Lipinski definition) is 6. The second-order valence-corrected chi connectivity index (χ2v) is 5.37. The van der Waals surface area contributed by atoms with Gasteiger partial charge < -0.3 is 14.9 Å². The highest BCUT2D eigenvalue weighted by Crippen LogP contribution is 2.21. The third-order valence-electron chi connectivity index (χ3n) is 3.11. The van der Waals surface area contributed by atoms with Crippen molar-refractivity contribution in [1.82, 2.24) is 15.1 Å². The topological polar surface area (TPSA) is 84.1 Å². The lowest BCUT2D eigenvalue weighted by Gasteiger charge is -2.11. The highest BCUT2D eigenvalue weighted by molar-refractivity contribution is 5.57. The number of aromatic nitrogens is 3. The molecule has 0 aliphatic carbocycles. The molecule has 2 N–H and O–H groups in total. The van der Waals surface area contributed by atoms with Gasteiger partial charge in [-0.15, -0.1) is 0 Å². The molecule has 114 valence electrons. The van der Waals surface area contributed by atoms with Crippen LogP contribution in [0.25, 0.3) is 11.5 Å². The summed E-state index contributed by atoms with van der Waals surface area (Å²) in [6.07, 6.45) is 3.05. The number of nitrogens with one attached hydrogen (secondary N) is 1. The van der Waals surface area contributed by atoms with Gasteiger partial charge in [0.25, 0.3) is 5.89 Å². The molecule has 1 unspecified atom stereocenters. The van der Waals surface area contributed by atoms with Crippen molar-refractivity contribution in [1.29, 1.82) is 0 Å². The van der Waals surface area contributed by atoms with Crippen LogP contribution in [0.2, 0.25) is 0 Å². The molecule has 6 nitrogen and oxygen atoms in total. The summed E-state index contributed by atoms with van der Waals surface area (Å²) in [5, 5.41) is 16.8. The minimum atomic E-state index is -0.364. The van der Waals surface area contributed by atoms with Gasteiger partial charge in [0, 0.05) is 24.2 Å². The molecule has 2 aromatic heterocycles. The van der Waals surface area contributed by atoms with Gasteiger partial charge in [-0.05, 0) is 18.6 Å². The Morgan fingerprint density at radius 1 is 1.38 bits per heavy atom. The standard InChI is InChI=1S/C15H22N4O2/c1-4-5-12(20)9-17-13-8-11(6-7-16-13)15-18-14(10(2)3)19-21-15/h6-8,10,12,20H,4-5,9H2,1-3H3,(H,16,17). The second kappa shape index (κ2) is 7.17. The molecule has 0 aromatic carbocycles. The van der Waals surface area contributed by atoms with Crippen molar-refractivity contribution in [3.05, 3.63) is 24.2 Å². The van der Waals surface area contributed by atoms with Crippen LogP contribution in [0.5, 0.6) is 0 Å². The Morgan fingerprint density at radius 2 is 2.19 bits per heavy atom. The quantitative estimate of drug-likeness (QED) is 0.815. The van der Waals surface area contributed by atoms with E-state index in [0.29, 0.717) is 24.1 Å². The Bertz CT molecular complexity index is 568. The lowest BCUT2D eigenvalue weighted by Crippen LogP contribution is -2.19. The van der Waals surface area contributed by atoms with Crippen molar-refractivity contribution < 1.29 is 9.63 Å². The molecule has 0 aliphatic heterocycles. The van der Waals surface area contributed by atoms with Gasteiger partial charge >= 0.3 is 0 Å². The van der Waals surface area contributed by atoms with Gasteiger partial charge in [-0.25, -0.2) is 4.98 Å². The molecular weight excluding hydrogens is 268 g/mol. The number of aliphatic hydroxyl groups is 1. The fraction of sp³-hybridized carbons (Fsp3) is 0.533. The monoisotopic (exact) mass is 290 g/mol. The van der Waals surface area contributed by atoms with Crippen molar-refractivity contribution in [2.45, 2.75) is 45.6 Å². The molecule has 21 heavy (non-hydrogen) atoms. The maximum Gasteiger partial charge on any atom is 0.258 e. The van der Waals surface area contributed by atoms with E-state index in [9.17, 15) is 5.11 Å². The zero-order valence-corrected chi connectivity index (χ0v) is 12.7. The van der Waals surface area contributed by atoms with Gasteiger partial charge in [0.2, 0.25) is 0 Å². The number of anilines is 1. The van der Waals surface area contributed by atoms with Gasteiger partial charge in [-0.3, -0.25) is 0 Å². The summed E-state index contributed by atoms with van der Waals surface area (Å²) in [7, 11) is 0. The van der Waals surface area contributed by atoms with Crippen LogP contribution in [0.1, 0.15) is 45.4 Å². The summed E-state index contributed by atoms with van der Waals surface area (Å²) in [5.74, 6) is 2.09. The third-order valence-corrected chi connectivity index (χ3v) is 3.11. The Hall–Kier alpha value is -1.95. The molecule has 0 radical (unpaired) electrons. The molecule has 0 saturated carbocycles. The van der Waals surface area contributed by atoms with Crippen LogP contribution >= 0.6 is 0 Å². The van der Waals surface area contributed by atoms with Crippen LogP contribution in [0.15, 0.2) is 22.9 Å². The van der Waals surface area contributed by atoms with Crippen LogP contribution in [0, 0.1) is 0 Å². The molecule has 0 saturated heterocycles. The second-order valence-electron chi connectivity index (χ2n) is 5.37. The number of rotatable bonds is 7. The highest BCUT2D eigenvalue weighted by Gasteiger charge is 2.12. The van der Waals surface area contributed by atoms with Crippen molar-refractivity contribution in [2.75, 3.05) is 11.9 Å². The van der Waals surface area contributed by atoms with E-state index >= 15 is 0 Å². The molecule has 0 aliphatic rings. The first kappa shape index (κ1) is 15.4. The maximum absolute atomic E-state index is 9.73. The maximum atomic E-state index is 9.73. The van der Waals surface area contributed by atoms with Gasteiger partial charge in [0.15, 0.2) is 5.82 Å². The molecule has 2 heterocycles. The van der Waals surface area contributed by atoms with Gasteiger partial charge in [-0.2, -0.15) is 4.98 Å². The van der Waals surface area contributed by atoms with Crippen LogP contribution in [-0.4, -0.2) is 32.9 Å². The molecular formula is C15H22N4O2. The molecule has 0 spiro atoms. The van der Waals surface area contributed by atoms with E-state index < -0.39 is 0 Å². The van der Waals surface area contributed by atoms with Gasteiger partial charge in [-0.1, -0.05) is 32.3 Å². The van der Waals surface area contributed by atoms with E-state index in [1.54, 1.807) is 6.20 Å². The Morgan fingerprint density at radius 3 is 2.86 bits per heavy atom. The average molecular weight is 290 g/mol. The van der Waals surface area contributed by atoms with Crippen molar-refractivity contribution >= 4 is 5.82 Å². The lowest BCUT2D eigenvalue weighted by atomic mass is 10.2. The minimum Gasteiger partial charge on any atom is -0.391 e. The predicted octanol–water partition coefficient (Wildman–Crippen LogP) is 2.83. The van der Waals surface area contributed by atoms with E-state index in [4.69, 9.17) is 4.52 Å². The molecule has 2 rings (SSSR count). The summed E-state index contributed by atoms with van der Waals surface area (Å²) in [6.45, 7) is 6.56. The van der Waals surface area contributed by atoms with Crippen molar-refractivity contribution in [3.8, 4) is 11.5 Å². The zero-order valence-electron chi connectivity index (χ0n) is 12.7. The van der Waals surface area contributed by atoms with Crippen molar-refractivity contribution in [3.63, 3.8) is 0 Å². The first-order valence-electron chi connectivity index (χ1n) is 7.32. The Kier molecular flexibility index (Phi) is 5.27. The van der Waals surface area contributed by atoms with Crippen LogP contribution < -0.4 is 5.32 Å². The first-order valence-corrected chi connectivity index (χ1v) is 7.32. The highest BCUT2D eigenvalue weighted by atomic mass is 16.5. The van der Waals surface area contributed by atoms with E-state index in [1.807, 2.05) is 32.9 Å². The fourth-order valence-electron chi connectivity index (χ4n) is 1.90.